The number of hydrogen-bond donors (Lipinski definition) is 0. The maximum atomic E-state index is 5.71. The van der Waals surface area contributed by atoms with Gasteiger partial charge in [0.15, 0.2) is 13.5 Å². The third kappa shape index (κ3) is 12.6. The van der Waals surface area contributed by atoms with E-state index in [2.05, 4.69) is 69.6 Å². The van der Waals surface area contributed by atoms with E-state index in [1.807, 2.05) is 0 Å². The molecule has 2 aromatic rings. The van der Waals surface area contributed by atoms with Crippen molar-refractivity contribution in [2.45, 2.75) is 91.8 Å². The molecule has 0 spiro atoms. The molecule has 0 bridgehead atoms. The lowest BCUT2D eigenvalue weighted by atomic mass is 10.2. The largest absolute Gasteiger partial charge is 1.00 e. The molecule has 0 aliphatic heterocycles. The number of unbranched alkanes of at least 4 members (excludes halogenated alkanes) is 6. The second-order valence-corrected chi connectivity index (χ2v) is 7.53. The van der Waals surface area contributed by atoms with Gasteiger partial charge in [0.2, 0.25) is 12.7 Å². The van der Waals surface area contributed by atoms with Crippen molar-refractivity contribution in [3.05, 3.63) is 37.4 Å². The molecule has 8 heteroatoms. The van der Waals surface area contributed by atoms with Crippen LogP contribution in [0.5, 0.6) is 0 Å². The summed E-state index contributed by atoms with van der Waals surface area (Å²) < 4.78 is 20.0. The topological polar surface area (TPSA) is 36.1 Å². The van der Waals surface area contributed by atoms with Crippen LogP contribution in [0.15, 0.2) is 37.4 Å². The number of aryl methyl sites for hydroxylation is 2. The Bertz CT molecular complexity index is 580. The van der Waals surface area contributed by atoms with Crippen molar-refractivity contribution >= 4 is 0 Å². The molecule has 0 aromatic carbocycles. The smallest absolute Gasteiger partial charge is 0.245 e. The van der Waals surface area contributed by atoms with Gasteiger partial charge in [-0.2, -0.15) is 0 Å². The highest BCUT2D eigenvalue weighted by Crippen LogP contribution is 2.01. The van der Waals surface area contributed by atoms with Crippen LogP contribution in [0.4, 0.5) is 0 Å². The fourth-order valence-electron chi connectivity index (χ4n) is 3.19. The monoisotopic (exact) mass is 462 g/mol. The first kappa shape index (κ1) is 28.9. The van der Waals surface area contributed by atoms with Crippen LogP contribution in [0, 0.1) is 0 Å². The minimum Gasteiger partial charge on any atom is -1.00 e. The van der Waals surface area contributed by atoms with Gasteiger partial charge in [0.25, 0.3) is 0 Å². The van der Waals surface area contributed by atoms with Crippen molar-refractivity contribution < 1.29 is 43.4 Å². The summed E-state index contributed by atoms with van der Waals surface area (Å²) in [6.07, 6.45) is 22.9. The van der Waals surface area contributed by atoms with Crippen molar-refractivity contribution in [3.63, 3.8) is 0 Å². The molecule has 6 nitrogen and oxygen atoms in total. The summed E-state index contributed by atoms with van der Waals surface area (Å²) in [6.45, 7) is 9.03. The van der Waals surface area contributed by atoms with E-state index >= 15 is 0 Å². The number of nitrogens with zero attached hydrogens (tertiary/aromatic N) is 4. The molecule has 2 heterocycles. The molecule has 0 saturated heterocycles. The Balaban J connectivity index is 0.00000420. The average Bonchev–Trinajstić information content (AvgIpc) is 3.35. The number of imidazole rings is 2. The summed E-state index contributed by atoms with van der Waals surface area (Å²) in [5, 5.41) is 0. The summed E-state index contributed by atoms with van der Waals surface area (Å²) in [5.41, 5.74) is 0. The lowest BCUT2D eigenvalue weighted by Crippen LogP contribution is -3.00. The van der Waals surface area contributed by atoms with E-state index < -0.39 is 0 Å². The molecule has 0 N–H and O–H groups in total. The number of halogens is 2. The molecule has 0 fully saturated rings. The van der Waals surface area contributed by atoms with Crippen molar-refractivity contribution in [2.75, 3.05) is 13.2 Å². The zero-order valence-electron chi connectivity index (χ0n) is 18.7. The van der Waals surface area contributed by atoms with Gasteiger partial charge in [-0.3, -0.25) is 0 Å². The number of rotatable bonds is 17. The normalized spacial score (nSPS) is 10.6. The van der Waals surface area contributed by atoms with Crippen molar-refractivity contribution in [1.29, 1.82) is 0 Å². The first-order valence-electron chi connectivity index (χ1n) is 11.1. The molecule has 0 unspecified atom stereocenters. The van der Waals surface area contributed by atoms with Gasteiger partial charge in [-0.25, -0.2) is 18.3 Å². The third-order valence-electron chi connectivity index (χ3n) is 4.88. The minimum absolute atomic E-state index is 0. The molecule has 174 valence electrons. The van der Waals surface area contributed by atoms with Crippen molar-refractivity contribution in [2.24, 2.45) is 0 Å². The van der Waals surface area contributed by atoms with E-state index in [9.17, 15) is 0 Å². The Kier molecular flexibility index (Phi) is 18.0. The zero-order valence-corrected chi connectivity index (χ0v) is 20.2. The Hall–Kier alpha value is -1.08. The summed E-state index contributed by atoms with van der Waals surface area (Å²) in [4.78, 5) is 0. The third-order valence-corrected chi connectivity index (χ3v) is 4.88. The molecule has 0 saturated carbocycles. The Morgan fingerprint density at radius 3 is 1.47 bits per heavy atom. The summed E-state index contributed by atoms with van der Waals surface area (Å²) in [5.74, 6) is 0. The summed E-state index contributed by atoms with van der Waals surface area (Å²) in [7, 11) is 0. The van der Waals surface area contributed by atoms with Crippen LogP contribution in [0.3, 0.4) is 0 Å². The van der Waals surface area contributed by atoms with E-state index in [0.29, 0.717) is 26.7 Å². The Morgan fingerprint density at radius 1 is 0.633 bits per heavy atom. The van der Waals surface area contributed by atoms with Crippen LogP contribution >= 0.6 is 0 Å². The van der Waals surface area contributed by atoms with Gasteiger partial charge < -0.3 is 34.3 Å². The molecule has 0 amide bonds. The van der Waals surface area contributed by atoms with E-state index in [1.54, 1.807) is 0 Å². The standard InChI is InChI=1S/C22H40N4O2.2ClH/c1-3-5-7-9-11-23-13-15-25(19-23)21-27-17-18-28-22-26-16-14-24(20-26)12-10-8-6-4-2;;/h13-16,19-20H,3-12,17-18,21-22H2,1-2H3;2*1H/q+2;;/p-2. The molecule has 2 rings (SSSR count). The molecular weight excluding hydrogens is 423 g/mol. The van der Waals surface area contributed by atoms with Gasteiger partial charge >= 0.3 is 0 Å². The quantitative estimate of drug-likeness (QED) is 0.195. The SMILES string of the molecule is CCCCCCn1cc[n+](COCCOC[n+]2ccn(CCCCCC)c2)c1.[Cl-].[Cl-]. The second-order valence-electron chi connectivity index (χ2n) is 7.53. The molecule has 0 atom stereocenters. The van der Waals surface area contributed by atoms with Gasteiger partial charge in [0.1, 0.15) is 24.8 Å². The molecular formula is C22H40Cl2N4O2. The zero-order chi connectivity index (χ0) is 19.9. The van der Waals surface area contributed by atoms with E-state index in [1.165, 1.54) is 51.4 Å². The van der Waals surface area contributed by atoms with Crippen LogP contribution < -0.4 is 33.9 Å². The highest BCUT2D eigenvalue weighted by Gasteiger charge is 2.05. The second kappa shape index (κ2) is 18.7. The number of aromatic nitrogens is 4. The van der Waals surface area contributed by atoms with Gasteiger partial charge in [-0.15, -0.1) is 0 Å². The van der Waals surface area contributed by atoms with Crippen molar-refractivity contribution in [1.82, 2.24) is 9.13 Å². The summed E-state index contributed by atoms with van der Waals surface area (Å²) in [6, 6.07) is 0. The van der Waals surface area contributed by atoms with Crippen LogP contribution in [-0.2, 0) is 36.0 Å². The van der Waals surface area contributed by atoms with E-state index in [-0.39, 0.29) is 24.8 Å². The minimum atomic E-state index is 0. The van der Waals surface area contributed by atoms with Gasteiger partial charge in [0, 0.05) is 0 Å². The van der Waals surface area contributed by atoms with Crippen LogP contribution in [0.25, 0.3) is 0 Å². The predicted octanol–water partition coefficient (Wildman–Crippen LogP) is -2.32. The van der Waals surface area contributed by atoms with E-state index in [4.69, 9.17) is 9.47 Å². The fraction of sp³-hybridized carbons (Fsp3) is 0.727. The molecule has 30 heavy (non-hydrogen) atoms. The molecule has 2 aromatic heterocycles. The molecule has 0 aliphatic rings. The maximum absolute atomic E-state index is 5.71. The van der Waals surface area contributed by atoms with E-state index in [0.717, 1.165) is 13.1 Å². The van der Waals surface area contributed by atoms with Gasteiger partial charge in [-0.05, 0) is 25.7 Å². The maximum Gasteiger partial charge on any atom is 0.245 e. The fourth-order valence-corrected chi connectivity index (χ4v) is 3.19. The summed E-state index contributed by atoms with van der Waals surface area (Å²) >= 11 is 0. The average molecular weight is 463 g/mol. The first-order valence-corrected chi connectivity index (χ1v) is 11.1. The lowest BCUT2D eigenvalue weighted by Gasteiger charge is -2.02. The highest BCUT2D eigenvalue weighted by molar-refractivity contribution is 4.66. The van der Waals surface area contributed by atoms with Crippen LogP contribution in [0.2, 0.25) is 0 Å². The van der Waals surface area contributed by atoms with Crippen LogP contribution in [-0.4, -0.2) is 22.3 Å². The number of ether oxygens (including phenoxy) is 2. The molecule has 0 aliphatic carbocycles. The van der Waals surface area contributed by atoms with Gasteiger partial charge in [0.05, 0.1) is 26.3 Å². The van der Waals surface area contributed by atoms with Crippen LogP contribution in [0.1, 0.15) is 65.2 Å². The predicted molar refractivity (Wildman–Crippen MR) is 109 cm³/mol. The Morgan fingerprint density at radius 2 is 1.07 bits per heavy atom. The first-order chi connectivity index (χ1) is 13.8. The molecule has 0 radical (unpaired) electrons. The highest BCUT2D eigenvalue weighted by atomic mass is 35.5. The lowest BCUT2D eigenvalue weighted by molar-refractivity contribution is -0.737. The Labute approximate surface area is 195 Å². The van der Waals surface area contributed by atoms with Gasteiger partial charge in [-0.1, -0.05) is 39.5 Å². The number of hydrogen-bond acceptors (Lipinski definition) is 2. The van der Waals surface area contributed by atoms with Crippen molar-refractivity contribution in [3.8, 4) is 0 Å².